The van der Waals surface area contributed by atoms with Gasteiger partial charge in [0.15, 0.2) is 5.16 Å². The molecule has 2 heterocycles. The van der Waals surface area contributed by atoms with E-state index in [2.05, 4.69) is 45.5 Å². The fraction of sp³-hybridized carbons (Fsp3) is 0.522. The molecule has 1 saturated carbocycles. The van der Waals surface area contributed by atoms with E-state index in [1.54, 1.807) is 0 Å². The molecule has 1 N–H and O–H groups in total. The van der Waals surface area contributed by atoms with Gasteiger partial charge in [-0.05, 0) is 49.7 Å². The van der Waals surface area contributed by atoms with Crippen LogP contribution in [0.3, 0.4) is 0 Å². The van der Waals surface area contributed by atoms with Crippen LogP contribution in [0.15, 0.2) is 47.8 Å². The number of amides is 1. The third-order valence-corrected chi connectivity index (χ3v) is 6.84. The third kappa shape index (κ3) is 5.95. The van der Waals surface area contributed by atoms with Gasteiger partial charge in [0.25, 0.3) is 0 Å². The number of rotatable bonds is 7. The summed E-state index contributed by atoms with van der Waals surface area (Å²) in [6, 6.07) is 13.1. The number of nitrogens with zero attached hydrogens (tertiary/aromatic N) is 3. The van der Waals surface area contributed by atoms with Gasteiger partial charge in [0, 0.05) is 25.3 Å². The van der Waals surface area contributed by atoms with Crippen LogP contribution in [0.25, 0.3) is 0 Å². The number of hydrogen-bond acceptors (Lipinski definition) is 5. The molecule has 0 atom stereocenters. The summed E-state index contributed by atoms with van der Waals surface area (Å²) in [6.07, 6.45) is 10.0. The molecule has 0 unspecified atom stereocenters. The zero-order valence-electron chi connectivity index (χ0n) is 16.9. The molecule has 1 aromatic carbocycles. The summed E-state index contributed by atoms with van der Waals surface area (Å²) >= 11 is 1.43. The lowest BCUT2D eigenvalue weighted by Crippen LogP contribution is -2.35. The zero-order chi connectivity index (χ0) is 19.9. The SMILES string of the molecule is O=C(CSc1nccc(N2CCC(Cc3ccccc3)CC2)n1)NC1CCCC1. The molecular formula is C23H30N4OS. The average molecular weight is 411 g/mol. The second-order valence-corrected chi connectivity index (χ2v) is 9.10. The van der Waals surface area contributed by atoms with E-state index in [0.29, 0.717) is 17.0 Å². The van der Waals surface area contributed by atoms with E-state index < -0.39 is 0 Å². The molecule has 1 aliphatic heterocycles. The minimum Gasteiger partial charge on any atom is -0.356 e. The maximum absolute atomic E-state index is 12.1. The van der Waals surface area contributed by atoms with Crippen molar-refractivity contribution in [3.63, 3.8) is 0 Å². The number of hydrogen-bond donors (Lipinski definition) is 1. The Balaban J connectivity index is 1.25. The van der Waals surface area contributed by atoms with Crippen molar-refractivity contribution in [1.82, 2.24) is 15.3 Å². The minimum absolute atomic E-state index is 0.0950. The molecule has 0 bridgehead atoms. The summed E-state index contributed by atoms with van der Waals surface area (Å²) in [5, 5.41) is 3.82. The summed E-state index contributed by atoms with van der Waals surface area (Å²) in [5.74, 6) is 2.21. The standard InChI is InChI=1S/C23H30N4OS/c28-22(25-20-8-4-5-9-20)17-29-23-24-13-10-21(26-23)27-14-11-19(12-15-27)16-18-6-2-1-3-7-18/h1-3,6-7,10,13,19-20H,4-5,8-9,11-12,14-17H2,(H,25,28). The van der Waals surface area contributed by atoms with Gasteiger partial charge in [-0.15, -0.1) is 0 Å². The van der Waals surface area contributed by atoms with Crippen LogP contribution >= 0.6 is 11.8 Å². The Labute approximate surface area is 177 Å². The predicted octanol–water partition coefficient (Wildman–Crippen LogP) is 4.09. The maximum atomic E-state index is 12.1. The van der Waals surface area contributed by atoms with Crippen LogP contribution in [0, 0.1) is 5.92 Å². The Bertz CT molecular complexity index is 786. The number of benzene rings is 1. The van der Waals surface area contributed by atoms with Crippen LogP contribution in [-0.2, 0) is 11.2 Å². The summed E-state index contributed by atoms with van der Waals surface area (Å²) < 4.78 is 0. The quantitative estimate of drug-likeness (QED) is 0.550. The number of anilines is 1. The smallest absolute Gasteiger partial charge is 0.230 e. The fourth-order valence-electron chi connectivity index (χ4n) is 4.36. The Morgan fingerprint density at radius 2 is 1.83 bits per heavy atom. The topological polar surface area (TPSA) is 58.1 Å². The average Bonchev–Trinajstić information content (AvgIpc) is 3.27. The fourth-order valence-corrected chi connectivity index (χ4v) is 5.00. The van der Waals surface area contributed by atoms with Crippen LogP contribution < -0.4 is 10.2 Å². The van der Waals surface area contributed by atoms with Crippen LogP contribution in [0.4, 0.5) is 5.82 Å². The molecule has 29 heavy (non-hydrogen) atoms. The van der Waals surface area contributed by atoms with Gasteiger partial charge in [0.1, 0.15) is 5.82 Å². The minimum atomic E-state index is 0.0950. The highest BCUT2D eigenvalue weighted by Gasteiger charge is 2.21. The molecule has 0 radical (unpaired) electrons. The lowest BCUT2D eigenvalue weighted by atomic mass is 9.90. The van der Waals surface area contributed by atoms with Gasteiger partial charge in [-0.2, -0.15) is 0 Å². The van der Waals surface area contributed by atoms with E-state index in [1.807, 2.05) is 12.3 Å². The van der Waals surface area contributed by atoms with Crippen molar-refractivity contribution in [1.29, 1.82) is 0 Å². The van der Waals surface area contributed by atoms with Crippen molar-refractivity contribution in [3.8, 4) is 0 Å². The van der Waals surface area contributed by atoms with E-state index in [9.17, 15) is 4.79 Å². The highest BCUT2D eigenvalue weighted by atomic mass is 32.2. The van der Waals surface area contributed by atoms with E-state index in [1.165, 1.54) is 43.0 Å². The first-order valence-corrected chi connectivity index (χ1v) is 11.8. The molecule has 2 aromatic rings. The van der Waals surface area contributed by atoms with Crippen molar-refractivity contribution in [2.45, 2.75) is 56.1 Å². The summed E-state index contributed by atoms with van der Waals surface area (Å²) in [5.41, 5.74) is 1.43. The normalized spacial score (nSPS) is 18.1. The van der Waals surface area contributed by atoms with Crippen molar-refractivity contribution >= 4 is 23.5 Å². The molecule has 154 valence electrons. The molecule has 2 aliphatic rings. The molecule has 6 heteroatoms. The first kappa shape index (κ1) is 20.2. The lowest BCUT2D eigenvalue weighted by molar-refractivity contribution is -0.119. The number of aromatic nitrogens is 2. The molecule has 1 aliphatic carbocycles. The van der Waals surface area contributed by atoms with Crippen molar-refractivity contribution in [2.24, 2.45) is 5.92 Å². The van der Waals surface area contributed by atoms with Crippen molar-refractivity contribution in [2.75, 3.05) is 23.7 Å². The maximum Gasteiger partial charge on any atom is 0.230 e. The predicted molar refractivity (Wildman–Crippen MR) is 118 cm³/mol. The molecule has 1 aromatic heterocycles. The van der Waals surface area contributed by atoms with Gasteiger partial charge in [-0.3, -0.25) is 4.79 Å². The van der Waals surface area contributed by atoms with Crippen LogP contribution in [-0.4, -0.2) is 40.8 Å². The summed E-state index contributed by atoms with van der Waals surface area (Å²) in [4.78, 5) is 23.6. The molecule has 1 amide bonds. The van der Waals surface area contributed by atoms with E-state index in [4.69, 9.17) is 4.98 Å². The monoisotopic (exact) mass is 410 g/mol. The second-order valence-electron chi connectivity index (χ2n) is 8.16. The van der Waals surface area contributed by atoms with Gasteiger partial charge in [-0.25, -0.2) is 9.97 Å². The highest BCUT2D eigenvalue weighted by molar-refractivity contribution is 7.99. The number of nitrogens with one attached hydrogen (secondary N) is 1. The Hall–Kier alpha value is -2.08. The van der Waals surface area contributed by atoms with E-state index in [0.717, 1.165) is 44.1 Å². The number of carbonyl (C=O) groups is 1. The number of carbonyl (C=O) groups excluding carboxylic acids is 1. The molecule has 2 fully saturated rings. The lowest BCUT2D eigenvalue weighted by Gasteiger charge is -2.33. The van der Waals surface area contributed by atoms with Crippen LogP contribution in [0.5, 0.6) is 0 Å². The zero-order valence-corrected chi connectivity index (χ0v) is 17.7. The first-order valence-electron chi connectivity index (χ1n) is 10.8. The first-order chi connectivity index (χ1) is 14.3. The van der Waals surface area contributed by atoms with Crippen LogP contribution in [0.2, 0.25) is 0 Å². The van der Waals surface area contributed by atoms with Crippen molar-refractivity contribution < 1.29 is 4.79 Å². The van der Waals surface area contributed by atoms with Crippen LogP contribution in [0.1, 0.15) is 44.1 Å². The molecule has 5 nitrogen and oxygen atoms in total. The number of thioether (sulfide) groups is 1. The van der Waals surface area contributed by atoms with Gasteiger partial charge in [0.2, 0.25) is 5.91 Å². The van der Waals surface area contributed by atoms with Gasteiger partial charge >= 0.3 is 0 Å². The van der Waals surface area contributed by atoms with Gasteiger partial charge < -0.3 is 10.2 Å². The summed E-state index contributed by atoms with van der Waals surface area (Å²) in [7, 11) is 0. The van der Waals surface area contributed by atoms with Crippen molar-refractivity contribution in [3.05, 3.63) is 48.2 Å². The summed E-state index contributed by atoms with van der Waals surface area (Å²) in [6.45, 7) is 2.06. The third-order valence-electron chi connectivity index (χ3n) is 5.98. The Kier molecular flexibility index (Phi) is 7.04. The van der Waals surface area contributed by atoms with E-state index >= 15 is 0 Å². The van der Waals surface area contributed by atoms with Gasteiger partial charge in [-0.1, -0.05) is 54.9 Å². The van der Waals surface area contributed by atoms with E-state index in [-0.39, 0.29) is 5.91 Å². The molecule has 1 saturated heterocycles. The number of piperidine rings is 1. The Morgan fingerprint density at radius 1 is 1.07 bits per heavy atom. The van der Waals surface area contributed by atoms with Gasteiger partial charge in [0.05, 0.1) is 5.75 Å². The molecule has 0 spiro atoms. The molecular weight excluding hydrogens is 380 g/mol. The Morgan fingerprint density at radius 3 is 2.59 bits per heavy atom. The molecule has 4 rings (SSSR count). The highest BCUT2D eigenvalue weighted by Crippen LogP contribution is 2.26. The second kappa shape index (κ2) is 10.1. The largest absolute Gasteiger partial charge is 0.356 e.